The molecule has 142 valence electrons. The first-order valence-electron chi connectivity index (χ1n) is 9.05. The summed E-state index contributed by atoms with van der Waals surface area (Å²) in [6.45, 7) is 1.44. The van der Waals surface area contributed by atoms with Crippen molar-refractivity contribution in [3.63, 3.8) is 0 Å². The molecule has 0 amide bonds. The van der Waals surface area contributed by atoms with Crippen LogP contribution < -0.4 is 11.1 Å². The molecule has 0 bridgehead atoms. The second-order valence-corrected chi connectivity index (χ2v) is 6.88. The monoisotopic (exact) mass is 372 g/mol. The van der Waals surface area contributed by atoms with Gasteiger partial charge in [0.05, 0.1) is 24.5 Å². The van der Waals surface area contributed by atoms with Crippen LogP contribution in [0.15, 0.2) is 42.6 Å². The Kier molecular flexibility index (Phi) is 4.90. The van der Waals surface area contributed by atoms with E-state index in [0.29, 0.717) is 35.0 Å². The van der Waals surface area contributed by atoms with Crippen molar-refractivity contribution in [2.75, 3.05) is 19.8 Å². The molecular formula is C20H22F2N4O. The minimum atomic E-state index is -1.33. The molecule has 2 heterocycles. The van der Waals surface area contributed by atoms with Crippen LogP contribution in [0.4, 0.5) is 8.78 Å². The van der Waals surface area contributed by atoms with Crippen molar-refractivity contribution in [1.82, 2.24) is 15.1 Å². The number of hydrogen-bond donors (Lipinski definition) is 2. The molecule has 27 heavy (non-hydrogen) atoms. The van der Waals surface area contributed by atoms with E-state index in [2.05, 4.69) is 10.4 Å². The quantitative estimate of drug-likeness (QED) is 0.676. The van der Waals surface area contributed by atoms with E-state index in [1.54, 1.807) is 23.0 Å². The molecule has 2 aromatic carbocycles. The fourth-order valence-electron chi connectivity index (χ4n) is 3.61. The number of nitrogens with two attached hydrogens (primary N) is 1. The molecule has 3 N–H and O–H groups in total. The molecule has 1 fully saturated rings. The normalized spacial score (nSPS) is 20.3. The largest absolute Gasteiger partial charge is 0.362 e. The van der Waals surface area contributed by atoms with Crippen LogP contribution in [0.5, 0.6) is 0 Å². The van der Waals surface area contributed by atoms with Crippen molar-refractivity contribution in [3.05, 3.63) is 59.5 Å². The maximum Gasteiger partial charge on any atom is 0.148 e. The number of aromatic nitrogens is 2. The van der Waals surface area contributed by atoms with E-state index in [4.69, 9.17) is 10.5 Å². The first-order chi connectivity index (χ1) is 13.1. The van der Waals surface area contributed by atoms with Crippen LogP contribution in [-0.4, -0.2) is 29.6 Å². The zero-order chi connectivity index (χ0) is 18.9. The zero-order valence-corrected chi connectivity index (χ0v) is 14.9. The minimum absolute atomic E-state index is 0.0556. The van der Waals surface area contributed by atoms with Gasteiger partial charge in [-0.25, -0.2) is 13.5 Å². The van der Waals surface area contributed by atoms with E-state index < -0.39 is 5.67 Å². The molecular weight excluding hydrogens is 350 g/mol. The summed E-state index contributed by atoms with van der Waals surface area (Å²) in [6, 6.07) is 10.1. The predicted molar refractivity (Wildman–Crippen MR) is 99.8 cm³/mol. The molecule has 0 radical (unpaired) electrons. The number of alkyl halides is 1. The topological polar surface area (TPSA) is 65.1 Å². The molecule has 0 unspecified atom stereocenters. The number of piperidine rings is 1. The van der Waals surface area contributed by atoms with Crippen molar-refractivity contribution in [2.24, 2.45) is 5.73 Å². The highest BCUT2D eigenvalue weighted by molar-refractivity contribution is 5.82. The number of nitrogens with one attached hydrogen (secondary N) is 1. The lowest BCUT2D eigenvalue weighted by Crippen LogP contribution is -2.40. The summed E-state index contributed by atoms with van der Waals surface area (Å²) in [6.07, 6.45) is 3.10. The minimum Gasteiger partial charge on any atom is -0.362 e. The van der Waals surface area contributed by atoms with E-state index in [9.17, 15) is 4.39 Å². The van der Waals surface area contributed by atoms with Crippen molar-refractivity contribution < 1.29 is 13.5 Å². The number of hydrogen-bond acceptors (Lipinski definition) is 4. The molecule has 1 aliphatic rings. The van der Waals surface area contributed by atoms with Gasteiger partial charge in [0.15, 0.2) is 0 Å². The van der Waals surface area contributed by atoms with Crippen molar-refractivity contribution in [3.8, 4) is 5.69 Å². The van der Waals surface area contributed by atoms with Crippen LogP contribution in [0.1, 0.15) is 24.0 Å². The third-order valence-electron chi connectivity index (χ3n) is 5.01. The van der Waals surface area contributed by atoms with E-state index in [1.165, 1.54) is 12.1 Å². The Labute approximate surface area is 156 Å². The Morgan fingerprint density at radius 3 is 2.78 bits per heavy atom. The summed E-state index contributed by atoms with van der Waals surface area (Å²) in [5.41, 5.74) is 6.78. The van der Waals surface area contributed by atoms with Gasteiger partial charge in [0.25, 0.3) is 0 Å². The average molecular weight is 372 g/mol. The third-order valence-corrected chi connectivity index (χ3v) is 5.01. The van der Waals surface area contributed by atoms with E-state index in [0.717, 1.165) is 18.7 Å². The molecule has 4 rings (SSSR count). The second-order valence-electron chi connectivity index (χ2n) is 6.88. The Morgan fingerprint density at radius 1 is 1.26 bits per heavy atom. The average Bonchev–Trinajstić information content (AvgIpc) is 3.11. The highest BCUT2D eigenvalue weighted by Crippen LogP contribution is 2.33. The van der Waals surface area contributed by atoms with E-state index in [1.807, 2.05) is 12.1 Å². The maximum absolute atomic E-state index is 15.1. The third kappa shape index (κ3) is 3.58. The number of nitrogens with zero attached hydrogens (tertiary/aromatic N) is 2. The highest BCUT2D eigenvalue weighted by Gasteiger charge is 2.33. The van der Waals surface area contributed by atoms with Gasteiger partial charge in [0.1, 0.15) is 11.5 Å². The Hall–Kier alpha value is -2.35. The maximum atomic E-state index is 15.1. The van der Waals surface area contributed by atoms with Crippen LogP contribution in [0.3, 0.4) is 0 Å². The number of rotatable bonds is 5. The van der Waals surface area contributed by atoms with Crippen LogP contribution in [-0.2, 0) is 17.0 Å². The second kappa shape index (κ2) is 7.34. The van der Waals surface area contributed by atoms with Gasteiger partial charge in [-0.15, -0.1) is 0 Å². The lowest BCUT2D eigenvalue weighted by molar-refractivity contribution is 0.122. The fourth-order valence-corrected chi connectivity index (χ4v) is 3.61. The lowest BCUT2D eigenvalue weighted by Gasteiger charge is -2.30. The molecule has 1 saturated heterocycles. The summed E-state index contributed by atoms with van der Waals surface area (Å²) in [5.74, 6) is -0.350. The van der Waals surface area contributed by atoms with Crippen molar-refractivity contribution in [1.29, 1.82) is 0 Å². The van der Waals surface area contributed by atoms with Crippen LogP contribution in [0.25, 0.3) is 16.6 Å². The smallest absolute Gasteiger partial charge is 0.148 e. The summed E-state index contributed by atoms with van der Waals surface area (Å²) in [5, 5.41) is 8.35. The van der Waals surface area contributed by atoms with Gasteiger partial charge < -0.3 is 15.8 Å². The van der Waals surface area contributed by atoms with E-state index in [-0.39, 0.29) is 19.2 Å². The summed E-state index contributed by atoms with van der Waals surface area (Å²) < 4.78 is 35.8. The Bertz CT molecular complexity index is 933. The van der Waals surface area contributed by atoms with Gasteiger partial charge in [-0.2, -0.15) is 5.10 Å². The van der Waals surface area contributed by atoms with E-state index >= 15 is 4.39 Å². The molecule has 0 aliphatic carbocycles. The Balaban J connectivity index is 1.66. The standard InChI is InChI=1S/C20H22F2N4O/c21-17-8-14-10-26(25-19(14)15(9-17)11-27-13-23)18-4-2-16(3-5-18)20(22)6-1-7-24-12-20/h2-5,8-10,24H,1,6-7,11-13,23H2/t20-/m1/s1. The zero-order valence-electron chi connectivity index (χ0n) is 14.9. The van der Waals surface area contributed by atoms with Crippen LogP contribution in [0.2, 0.25) is 0 Å². The summed E-state index contributed by atoms with van der Waals surface area (Å²) in [4.78, 5) is 0. The molecule has 3 aromatic rings. The number of halogens is 2. The van der Waals surface area contributed by atoms with Gasteiger partial charge in [-0.1, -0.05) is 12.1 Å². The fraction of sp³-hybridized carbons (Fsp3) is 0.350. The van der Waals surface area contributed by atoms with Crippen LogP contribution in [0, 0.1) is 5.82 Å². The SMILES string of the molecule is NCOCc1cc(F)cc2cn(-c3ccc([C@@]4(F)CCCNC4)cc3)nc12. The van der Waals surface area contributed by atoms with Crippen molar-refractivity contribution >= 4 is 10.9 Å². The molecule has 7 heteroatoms. The molecule has 0 spiro atoms. The molecule has 1 aliphatic heterocycles. The Morgan fingerprint density at radius 2 is 2.07 bits per heavy atom. The summed E-state index contributed by atoms with van der Waals surface area (Å²) in [7, 11) is 0. The van der Waals surface area contributed by atoms with Crippen molar-refractivity contribution in [2.45, 2.75) is 25.1 Å². The van der Waals surface area contributed by atoms with Gasteiger partial charge in [-0.05, 0) is 49.2 Å². The van der Waals surface area contributed by atoms with Gasteiger partial charge in [-0.3, -0.25) is 0 Å². The van der Waals surface area contributed by atoms with Gasteiger partial charge in [0.2, 0.25) is 0 Å². The van der Waals surface area contributed by atoms with Crippen LogP contribution >= 0.6 is 0 Å². The first-order valence-corrected chi connectivity index (χ1v) is 9.05. The molecule has 1 atom stereocenters. The molecule has 5 nitrogen and oxygen atoms in total. The number of fused-ring (bicyclic) bond motifs is 1. The molecule has 1 aromatic heterocycles. The van der Waals surface area contributed by atoms with Gasteiger partial charge >= 0.3 is 0 Å². The predicted octanol–water partition coefficient (Wildman–Crippen LogP) is 3.15. The first kappa shape index (κ1) is 18.0. The number of benzene rings is 2. The highest BCUT2D eigenvalue weighted by atomic mass is 19.1. The van der Waals surface area contributed by atoms with Gasteiger partial charge in [0, 0.05) is 23.7 Å². The molecule has 0 saturated carbocycles. The lowest BCUT2D eigenvalue weighted by atomic mass is 9.88. The summed E-state index contributed by atoms with van der Waals surface area (Å²) >= 11 is 0. The number of ether oxygens (including phenoxy) is 1.